The Morgan fingerprint density at radius 2 is 1.08 bits per heavy atom. The molecule has 0 fully saturated rings. The van der Waals surface area contributed by atoms with E-state index in [0.717, 1.165) is 0 Å². The minimum atomic E-state index is -0.251. The molecule has 1 heteroatoms. The van der Waals surface area contributed by atoms with Crippen LogP contribution in [0.2, 0.25) is 0 Å². The fraction of sp³-hybridized carbons (Fsp3) is 0. The Labute approximate surface area is 77.8 Å². The van der Waals surface area contributed by atoms with Crippen LogP contribution in [-0.4, -0.2) is 0 Å². The highest BCUT2D eigenvalue weighted by atomic mass is 19.1. The van der Waals surface area contributed by atoms with Crippen molar-refractivity contribution in [3.05, 3.63) is 72.7 Å². The van der Waals surface area contributed by atoms with Crippen LogP contribution >= 0.6 is 0 Å². The maximum absolute atomic E-state index is 12.8. The number of hydrogen-bond donors (Lipinski definition) is 0. The Balaban J connectivity index is 2.78. The smallest absolute Gasteiger partial charge is 0.123 e. The highest BCUT2D eigenvalue weighted by Gasteiger charge is 1.80. The molecule has 0 bridgehead atoms. The van der Waals surface area contributed by atoms with E-state index >= 15 is 0 Å². The third-order valence-corrected chi connectivity index (χ3v) is 1.40. The molecule has 1 rings (SSSR count). The number of hydrogen-bond acceptors (Lipinski definition) is 0. The summed E-state index contributed by atoms with van der Waals surface area (Å²) >= 11 is 0. The van der Waals surface area contributed by atoms with E-state index in [9.17, 15) is 4.39 Å². The third-order valence-electron chi connectivity index (χ3n) is 1.40. The van der Waals surface area contributed by atoms with Crippen molar-refractivity contribution in [2.45, 2.75) is 0 Å². The van der Waals surface area contributed by atoms with Gasteiger partial charge in [0.25, 0.3) is 0 Å². The number of rotatable bonds is 0. The highest BCUT2D eigenvalue weighted by molar-refractivity contribution is 5.26. The van der Waals surface area contributed by atoms with Gasteiger partial charge in [0.15, 0.2) is 0 Å². The van der Waals surface area contributed by atoms with Crippen molar-refractivity contribution in [1.29, 1.82) is 0 Å². The molecule has 0 saturated carbocycles. The zero-order valence-electron chi connectivity index (χ0n) is 7.23. The van der Waals surface area contributed by atoms with Crippen LogP contribution in [0.4, 0.5) is 4.39 Å². The van der Waals surface area contributed by atoms with Crippen molar-refractivity contribution >= 4 is 0 Å². The van der Waals surface area contributed by atoms with Gasteiger partial charge in [0.2, 0.25) is 0 Å². The quantitative estimate of drug-likeness (QED) is 0.526. The monoisotopic (exact) mass is 174 g/mol. The Morgan fingerprint density at radius 1 is 0.615 bits per heavy atom. The molecule has 0 heterocycles. The summed E-state index contributed by atoms with van der Waals surface area (Å²) in [6.45, 7) is 0. The first-order valence-corrected chi connectivity index (χ1v) is 4.10. The van der Waals surface area contributed by atoms with Crippen molar-refractivity contribution in [1.82, 2.24) is 0 Å². The summed E-state index contributed by atoms with van der Waals surface area (Å²) < 4.78 is 12.8. The molecule has 0 N–H and O–H groups in total. The Hall–Kier alpha value is -1.63. The van der Waals surface area contributed by atoms with Crippen LogP contribution in [0, 0.1) is 0 Å². The van der Waals surface area contributed by atoms with Crippen molar-refractivity contribution in [2.75, 3.05) is 0 Å². The van der Waals surface area contributed by atoms with Gasteiger partial charge in [-0.25, -0.2) is 4.39 Å². The molecule has 0 aromatic carbocycles. The highest BCUT2D eigenvalue weighted by Crippen LogP contribution is 1.99. The Bertz CT molecular complexity index is 312. The second-order valence-corrected chi connectivity index (χ2v) is 2.45. The first-order chi connectivity index (χ1) is 6.39. The lowest BCUT2D eigenvalue weighted by Gasteiger charge is -1.82. The predicted octanol–water partition coefficient (Wildman–Crippen LogP) is 3.63. The molecule has 0 saturated heterocycles. The first kappa shape index (κ1) is 9.46. The lowest BCUT2D eigenvalue weighted by molar-refractivity contribution is 0.667. The van der Waals surface area contributed by atoms with Gasteiger partial charge in [-0.3, -0.25) is 0 Å². The van der Waals surface area contributed by atoms with Gasteiger partial charge in [-0.05, 0) is 12.2 Å². The van der Waals surface area contributed by atoms with Crippen LogP contribution in [0.3, 0.4) is 0 Å². The van der Waals surface area contributed by atoms with Crippen LogP contribution in [-0.2, 0) is 0 Å². The summed E-state index contributed by atoms with van der Waals surface area (Å²) in [5, 5.41) is 0. The van der Waals surface area contributed by atoms with E-state index in [-0.39, 0.29) is 5.83 Å². The van der Waals surface area contributed by atoms with E-state index in [2.05, 4.69) is 0 Å². The molecule has 0 radical (unpaired) electrons. The van der Waals surface area contributed by atoms with Crippen molar-refractivity contribution in [3.8, 4) is 0 Å². The van der Waals surface area contributed by atoms with Crippen LogP contribution in [0.5, 0.6) is 0 Å². The van der Waals surface area contributed by atoms with Crippen molar-refractivity contribution in [2.24, 2.45) is 0 Å². The number of halogens is 1. The molecule has 0 amide bonds. The largest absolute Gasteiger partial charge is 0.207 e. The van der Waals surface area contributed by atoms with Gasteiger partial charge >= 0.3 is 0 Å². The lowest BCUT2D eigenvalue weighted by atomic mass is 10.3. The van der Waals surface area contributed by atoms with Crippen molar-refractivity contribution < 1.29 is 4.39 Å². The zero-order chi connectivity index (χ0) is 9.36. The second-order valence-electron chi connectivity index (χ2n) is 2.45. The summed E-state index contributed by atoms with van der Waals surface area (Å²) in [6.07, 6.45) is 19.1. The third kappa shape index (κ3) is 4.75. The maximum Gasteiger partial charge on any atom is 0.123 e. The van der Waals surface area contributed by atoms with Gasteiger partial charge < -0.3 is 0 Å². The van der Waals surface area contributed by atoms with Gasteiger partial charge in [0.05, 0.1) is 0 Å². The Kier molecular flexibility index (Phi) is 4.33. The van der Waals surface area contributed by atoms with E-state index < -0.39 is 0 Å². The van der Waals surface area contributed by atoms with E-state index in [1.54, 1.807) is 24.3 Å². The van der Waals surface area contributed by atoms with Gasteiger partial charge in [0, 0.05) is 0 Å². The fourth-order valence-electron chi connectivity index (χ4n) is 0.800. The fourth-order valence-corrected chi connectivity index (χ4v) is 0.800. The van der Waals surface area contributed by atoms with Crippen molar-refractivity contribution in [3.63, 3.8) is 0 Å². The maximum atomic E-state index is 12.8. The molecule has 0 aromatic rings. The molecule has 13 heavy (non-hydrogen) atoms. The summed E-state index contributed by atoms with van der Waals surface area (Å²) in [4.78, 5) is 0. The minimum absolute atomic E-state index is 0.251. The van der Waals surface area contributed by atoms with E-state index in [1.807, 2.05) is 30.4 Å². The molecule has 0 aliphatic heterocycles. The first-order valence-electron chi connectivity index (χ1n) is 4.10. The second kappa shape index (κ2) is 5.95. The molecule has 1 aliphatic rings. The van der Waals surface area contributed by atoms with E-state index in [4.69, 9.17) is 0 Å². The minimum Gasteiger partial charge on any atom is -0.207 e. The molecule has 0 atom stereocenters. The number of allylic oxidation sites excluding steroid dienone is 12. The van der Waals surface area contributed by atoms with E-state index in [1.165, 1.54) is 12.2 Å². The van der Waals surface area contributed by atoms with Gasteiger partial charge in [-0.15, -0.1) is 0 Å². The van der Waals surface area contributed by atoms with Gasteiger partial charge in [0.1, 0.15) is 5.83 Å². The summed E-state index contributed by atoms with van der Waals surface area (Å²) in [6, 6.07) is 0. The average molecular weight is 174 g/mol. The van der Waals surface area contributed by atoms with Crippen LogP contribution in [0.25, 0.3) is 0 Å². The van der Waals surface area contributed by atoms with Crippen LogP contribution in [0.15, 0.2) is 72.7 Å². The molecule has 0 unspecified atom stereocenters. The SMILES string of the molecule is FC1=C\C=C/C=C\C=C/C=C\C=C1. The molecule has 66 valence electrons. The molecular weight excluding hydrogens is 163 g/mol. The normalized spacial score (nSPS) is 26.4. The summed E-state index contributed by atoms with van der Waals surface area (Å²) in [5.74, 6) is -0.251. The van der Waals surface area contributed by atoms with Crippen LogP contribution < -0.4 is 0 Å². The molecule has 0 aromatic heterocycles. The Morgan fingerprint density at radius 3 is 1.69 bits per heavy atom. The lowest BCUT2D eigenvalue weighted by Crippen LogP contribution is -1.63. The van der Waals surface area contributed by atoms with Gasteiger partial charge in [-0.2, -0.15) is 0 Å². The van der Waals surface area contributed by atoms with Gasteiger partial charge in [-0.1, -0.05) is 54.7 Å². The topological polar surface area (TPSA) is 0 Å². The zero-order valence-corrected chi connectivity index (χ0v) is 7.23. The standard InChI is InChI=1S/C12H11F/c13-12-10-8-6-4-2-1-3-5-7-9-11-12/h1-11H/b2-1-,3-1?,4-2?,5-3-,6-4-,7-5?,8-6?,9-7-,10-8?,11-9?,12-10?,12-11?. The molecule has 0 nitrogen and oxygen atoms in total. The molecule has 0 spiro atoms. The summed E-state index contributed by atoms with van der Waals surface area (Å²) in [7, 11) is 0. The molecular formula is C12H11F. The van der Waals surface area contributed by atoms with E-state index in [0.29, 0.717) is 0 Å². The molecule has 1 aliphatic carbocycles. The average Bonchev–Trinajstić information content (AvgIpc) is 2.11. The summed E-state index contributed by atoms with van der Waals surface area (Å²) in [5.41, 5.74) is 0. The van der Waals surface area contributed by atoms with Crippen LogP contribution in [0.1, 0.15) is 0 Å². The predicted molar refractivity (Wildman–Crippen MR) is 54.9 cm³/mol.